The molecule has 1 aliphatic rings. The van der Waals surface area contributed by atoms with Gasteiger partial charge in [-0.1, -0.05) is 6.92 Å². The Morgan fingerprint density at radius 3 is 3.31 bits per heavy atom. The van der Waals surface area contributed by atoms with Gasteiger partial charge in [-0.25, -0.2) is 4.98 Å². The fourth-order valence-corrected chi connectivity index (χ4v) is 2.19. The van der Waals surface area contributed by atoms with Gasteiger partial charge in [0.25, 0.3) is 5.56 Å². The summed E-state index contributed by atoms with van der Waals surface area (Å²) in [7, 11) is 0. The molecule has 1 fully saturated rings. The number of likely N-dealkylation sites (N-methyl/N-ethyl adjacent to an activating group) is 1. The smallest absolute Gasteiger partial charge is 0.290 e. The highest BCUT2D eigenvalue weighted by Gasteiger charge is 2.26. The predicted octanol–water partition coefficient (Wildman–Crippen LogP) is 0.348. The molecule has 88 valence electrons. The van der Waals surface area contributed by atoms with Crippen molar-refractivity contribution in [3.8, 4) is 0 Å². The molecule has 5 heteroatoms. The summed E-state index contributed by atoms with van der Waals surface area (Å²) in [5, 5.41) is 3.33. The molecule has 1 atom stereocenters. The van der Waals surface area contributed by atoms with Crippen molar-refractivity contribution >= 4 is 5.82 Å². The molecular formula is C11H18N4O. The summed E-state index contributed by atoms with van der Waals surface area (Å²) in [5.74, 6) is 0.558. The molecule has 1 aromatic rings. The second-order valence-electron chi connectivity index (χ2n) is 4.04. The Balaban J connectivity index is 2.14. The van der Waals surface area contributed by atoms with Gasteiger partial charge in [-0.3, -0.25) is 4.79 Å². The van der Waals surface area contributed by atoms with Gasteiger partial charge < -0.3 is 15.2 Å². The lowest BCUT2D eigenvalue weighted by Crippen LogP contribution is -2.40. The maximum atomic E-state index is 11.6. The number of aromatic amines is 1. The molecule has 2 rings (SSSR count). The standard InChI is InChI=1S/C11H18N4O/c1-2-12-8-9-4-3-7-15(9)10-11(16)14-6-5-13-10/h5-6,9,12H,2-4,7-8H2,1H3,(H,14,16). The van der Waals surface area contributed by atoms with Crippen LogP contribution in [0.25, 0.3) is 0 Å². The Labute approximate surface area is 94.9 Å². The fraction of sp³-hybridized carbons (Fsp3) is 0.636. The first-order chi connectivity index (χ1) is 7.83. The SMILES string of the molecule is CCNCC1CCCN1c1ncc[nH]c1=O. The van der Waals surface area contributed by atoms with Crippen molar-refractivity contribution in [2.24, 2.45) is 0 Å². The highest BCUT2D eigenvalue weighted by molar-refractivity contribution is 5.38. The Morgan fingerprint density at radius 2 is 2.56 bits per heavy atom. The van der Waals surface area contributed by atoms with Crippen LogP contribution in [0, 0.1) is 0 Å². The molecule has 5 nitrogen and oxygen atoms in total. The number of anilines is 1. The molecular weight excluding hydrogens is 204 g/mol. The number of nitrogens with zero attached hydrogens (tertiary/aromatic N) is 2. The lowest BCUT2D eigenvalue weighted by molar-refractivity contribution is 0.583. The average molecular weight is 222 g/mol. The molecule has 16 heavy (non-hydrogen) atoms. The second kappa shape index (κ2) is 5.12. The van der Waals surface area contributed by atoms with E-state index < -0.39 is 0 Å². The number of hydrogen-bond donors (Lipinski definition) is 2. The predicted molar refractivity (Wildman–Crippen MR) is 63.8 cm³/mol. The third kappa shape index (κ3) is 2.24. The lowest BCUT2D eigenvalue weighted by atomic mass is 10.2. The van der Waals surface area contributed by atoms with Crippen molar-refractivity contribution in [3.05, 3.63) is 22.7 Å². The van der Waals surface area contributed by atoms with Crippen LogP contribution < -0.4 is 15.8 Å². The summed E-state index contributed by atoms with van der Waals surface area (Å²) < 4.78 is 0. The summed E-state index contributed by atoms with van der Waals surface area (Å²) in [4.78, 5) is 20.6. The van der Waals surface area contributed by atoms with Gasteiger partial charge in [-0.2, -0.15) is 0 Å². The molecule has 1 unspecified atom stereocenters. The number of nitrogens with one attached hydrogen (secondary N) is 2. The van der Waals surface area contributed by atoms with Crippen LogP contribution >= 0.6 is 0 Å². The molecule has 1 saturated heterocycles. The van der Waals surface area contributed by atoms with Crippen LogP contribution in [0.2, 0.25) is 0 Å². The first-order valence-corrected chi connectivity index (χ1v) is 5.84. The molecule has 0 saturated carbocycles. The van der Waals surface area contributed by atoms with Gasteiger partial charge in [0, 0.05) is 31.5 Å². The first-order valence-electron chi connectivity index (χ1n) is 5.84. The van der Waals surface area contributed by atoms with Gasteiger partial charge in [0.05, 0.1) is 0 Å². The minimum Gasteiger partial charge on any atom is -0.348 e. The highest BCUT2D eigenvalue weighted by Crippen LogP contribution is 2.20. The van der Waals surface area contributed by atoms with E-state index in [1.165, 1.54) is 0 Å². The van der Waals surface area contributed by atoms with Crippen molar-refractivity contribution in [3.63, 3.8) is 0 Å². The molecule has 0 aromatic carbocycles. The summed E-state index contributed by atoms with van der Waals surface area (Å²) in [6, 6.07) is 0.399. The quantitative estimate of drug-likeness (QED) is 0.771. The van der Waals surface area contributed by atoms with Gasteiger partial charge in [0.1, 0.15) is 0 Å². The van der Waals surface area contributed by atoms with E-state index >= 15 is 0 Å². The Bertz CT molecular complexity index is 390. The van der Waals surface area contributed by atoms with Crippen molar-refractivity contribution in [1.82, 2.24) is 15.3 Å². The van der Waals surface area contributed by atoms with Crippen LogP contribution in [-0.4, -0.2) is 35.6 Å². The second-order valence-corrected chi connectivity index (χ2v) is 4.04. The van der Waals surface area contributed by atoms with E-state index in [1.54, 1.807) is 12.4 Å². The van der Waals surface area contributed by atoms with E-state index in [2.05, 4.69) is 27.1 Å². The number of aromatic nitrogens is 2. The molecule has 0 bridgehead atoms. The maximum absolute atomic E-state index is 11.6. The van der Waals surface area contributed by atoms with Gasteiger partial charge in [-0.05, 0) is 19.4 Å². The summed E-state index contributed by atoms with van der Waals surface area (Å²) >= 11 is 0. The fourth-order valence-electron chi connectivity index (χ4n) is 2.19. The number of rotatable bonds is 4. The van der Waals surface area contributed by atoms with Crippen LogP contribution in [-0.2, 0) is 0 Å². The van der Waals surface area contributed by atoms with Crippen LogP contribution in [0.1, 0.15) is 19.8 Å². The molecule has 0 amide bonds. The van der Waals surface area contributed by atoms with Gasteiger partial charge >= 0.3 is 0 Å². The van der Waals surface area contributed by atoms with Gasteiger partial charge in [0.2, 0.25) is 0 Å². The van der Waals surface area contributed by atoms with Crippen molar-refractivity contribution in [2.45, 2.75) is 25.8 Å². The minimum absolute atomic E-state index is 0.0918. The van der Waals surface area contributed by atoms with Crippen molar-refractivity contribution in [1.29, 1.82) is 0 Å². The normalized spacial score (nSPS) is 20.3. The molecule has 2 N–H and O–H groups in total. The highest BCUT2D eigenvalue weighted by atomic mass is 16.1. The minimum atomic E-state index is -0.0918. The van der Waals surface area contributed by atoms with Gasteiger partial charge in [-0.15, -0.1) is 0 Å². The summed E-state index contributed by atoms with van der Waals surface area (Å²) in [6.07, 6.45) is 5.47. The van der Waals surface area contributed by atoms with E-state index in [4.69, 9.17) is 0 Å². The van der Waals surface area contributed by atoms with Crippen LogP contribution in [0.5, 0.6) is 0 Å². The topological polar surface area (TPSA) is 61.0 Å². The third-order valence-electron chi connectivity index (χ3n) is 2.97. The zero-order valence-electron chi connectivity index (χ0n) is 9.57. The zero-order valence-corrected chi connectivity index (χ0v) is 9.57. The molecule has 0 radical (unpaired) electrons. The largest absolute Gasteiger partial charge is 0.348 e. The summed E-state index contributed by atoms with van der Waals surface area (Å²) in [6.45, 7) is 4.90. The van der Waals surface area contributed by atoms with Crippen LogP contribution in [0.15, 0.2) is 17.2 Å². The van der Waals surface area contributed by atoms with Crippen LogP contribution in [0.4, 0.5) is 5.82 Å². The first kappa shape index (κ1) is 11.1. The maximum Gasteiger partial charge on any atom is 0.290 e. The molecule has 2 heterocycles. The Morgan fingerprint density at radius 1 is 1.69 bits per heavy atom. The van der Waals surface area contributed by atoms with Crippen molar-refractivity contribution in [2.75, 3.05) is 24.5 Å². The monoisotopic (exact) mass is 222 g/mol. The summed E-state index contributed by atoms with van der Waals surface area (Å²) in [5.41, 5.74) is -0.0918. The molecule has 1 aliphatic heterocycles. The zero-order chi connectivity index (χ0) is 11.4. The number of H-pyrrole nitrogens is 1. The average Bonchev–Trinajstić information content (AvgIpc) is 2.75. The number of hydrogen-bond acceptors (Lipinski definition) is 4. The molecule has 1 aromatic heterocycles. The third-order valence-corrected chi connectivity index (χ3v) is 2.97. The van der Waals surface area contributed by atoms with E-state index in [1.807, 2.05) is 0 Å². The Hall–Kier alpha value is -1.36. The van der Waals surface area contributed by atoms with Crippen molar-refractivity contribution < 1.29 is 0 Å². The van der Waals surface area contributed by atoms with Gasteiger partial charge in [0.15, 0.2) is 5.82 Å². The van der Waals surface area contributed by atoms with E-state index in [0.29, 0.717) is 11.9 Å². The van der Waals surface area contributed by atoms with Crippen LogP contribution in [0.3, 0.4) is 0 Å². The van der Waals surface area contributed by atoms with E-state index in [9.17, 15) is 4.79 Å². The van der Waals surface area contributed by atoms with E-state index in [0.717, 1.165) is 32.5 Å². The lowest BCUT2D eigenvalue weighted by Gasteiger charge is -2.24. The molecule has 0 aliphatic carbocycles. The Kier molecular flexibility index (Phi) is 3.56. The van der Waals surface area contributed by atoms with E-state index in [-0.39, 0.29) is 5.56 Å². The molecule has 0 spiro atoms.